The van der Waals surface area contributed by atoms with Crippen LogP contribution in [-0.4, -0.2) is 48.9 Å². The van der Waals surface area contributed by atoms with Crippen LogP contribution in [0.15, 0.2) is 24.3 Å². The van der Waals surface area contributed by atoms with Crippen molar-refractivity contribution in [3.63, 3.8) is 0 Å². The second-order valence-corrected chi connectivity index (χ2v) is 6.96. The summed E-state index contributed by atoms with van der Waals surface area (Å²) in [5.74, 6) is 0.107. The summed E-state index contributed by atoms with van der Waals surface area (Å²) in [6.45, 7) is 7.04. The fourth-order valence-corrected chi connectivity index (χ4v) is 2.92. The Kier molecular flexibility index (Phi) is 7.37. The maximum Gasteiger partial charge on any atom is 0.237 e. The van der Waals surface area contributed by atoms with Gasteiger partial charge in [-0.3, -0.25) is 14.5 Å². The highest BCUT2D eigenvalue weighted by molar-refractivity contribution is 5.88. The van der Waals surface area contributed by atoms with Gasteiger partial charge in [-0.05, 0) is 43.0 Å². The van der Waals surface area contributed by atoms with Gasteiger partial charge in [-0.2, -0.15) is 0 Å². The monoisotopic (exact) mass is 349 g/mol. The molecule has 1 aliphatic heterocycles. The van der Waals surface area contributed by atoms with Crippen LogP contribution >= 0.6 is 0 Å². The molecule has 138 valence electrons. The third-order valence-corrected chi connectivity index (χ3v) is 4.46. The Bertz CT molecular complexity index is 575. The maximum atomic E-state index is 12.9. The van der Waals surface area contributed by atoms with E-state index < -0.39 is 6.04 Å². The zero-order valence-electron chi connectivity index (χ0n) is 15.1. The summed E-state index contributed by atoms with van der Waals surface area (Å²) in [6.07, 6.45) is 1.82. The van der Waals surface area contributed by atoms with Crippen molar-refractivity contribution < 1.29 is 14.0 Å². The molecule has 1 aromatic rings. The van der Waals surface area contributed by atoms with Gasteiger partial charge >= 0.3 is 0 Å². The minimum atomic E-state index is -0.390. The number of carbonyl (C=O) groups is 2. The zero-order valence-corrected chi connectivity index (χ0v) is 15.1. The first-order valence-corrected chi connectivity index (χ1v) is 8.98. The van der Waals surface area contributed by atoms with Crippen LogP contribution in [0.3, 0.4) is 0 Å². The standard InChI is InChI=1S/C19H28FN3O2/c1-14(2)8-11-23-12-10-22-19(25)17(23)13-18(24)21-9-7-15-3-5-16(20)6-4-15/h3-6,14,17H,7-13H2,1-2H3,(H,21,24)(H,22,25). The molecule has 1 fully saturated rings. The number of amides is 2. The summed E-state index contributed by atoms with van der Waals surface area (Å²) in [5, 5.41) is 5.71. The van der Waals surface area contributed by atoms with Gasteiger partial charge in [0, 0.05) is 19.6 Å². The third-order valence-electron chi connectivity index (χ3n) is 4.46. The van der Waals surface area contributed by atoms with Crippen molar-refractivity contribution in [1.82, 2.24) is 15.5 Å². The van der Waals surface area contributed by atoms with Crippen molar-refractivity contribution in [2.45, 2.75) is 39.2 Å². The predicted octanol–water partition coefficient (Wildman–Crippen LogP) is 1.72. The predicted molar refractivity (Wildman–Crippen MR) is 95.6 cm³/mol. The van der Waals surface area contributed by atoms with Gasteiger partial charge in [0.2, 0.25) is 11.8 Å². The van der Waals surface area contributed by atoms with Crippen molar-refractivity contribution >= 4 is 11.8 Å². The maximum absolute atomic E-state index is 12.9. The summed E-state index contributed by atoms with van der Waals surface area (Å²) >= 11 is 0. The van der Waals surface area contributed by atoms with Crippen LogP contribution < -0.4 is 10.6 Å². The molecule has 1 unspecified atom stereocenters. The number of hydrogen-bond acceptors (Lipinski definition) is 3. The highest BCUT2D eigenvalue weighted by atomic mass is 19.1. The number of benzene rings is 1. The Morgan fingerprint density at radius 2 is 2.08 bits per heavy atom. The molecule has 25 heavy (non-hydrogen) atoms. The molecule has 1 atom stereocenters. The molecule has 0 aromatic heterocycles. The van der Waals surface area contributed by atoms with Gasteiger partial charge in [-0.15, -0.1) is 0 Å². The SMILES string of the molecule is CC(C)CCN1CCNC(=O)C1CC(=O)NCCc1ccc(F)cc1. The fraction of sp³-hybridized carbons (Fsp3) is 0.579. The van der Waals surface area contributed by atoms with E-state index in [0.29, 0.717) is 25.4 Å². The molecule has 0 bridgehead atoms. The average Bonchev–Trinajstić information content (AvgIpc) is 2.57. The molecule has 1 heterocycles. The fourth-order valence-electron chi connectivity index (χ4n) is 2.92. The Morgan fingerprint density at radius 1 is 1.36 bits per heavy atom. The van der Waals surface area contributed by atoms with E-state index in [4.69, 9.17) is 0 Å². The van der Waals surface area contributed by atoms with Crippen LogP contribution in [0.4, 0.5) is 4.39 Å². The van der Waals surface area contributed by atoms with E-state index >= 15 is 0 Å². The second-order valence-electron chi connectivity index (χ2n) is 6.96. The van der Waals surface area contributed by atoms with Crippen LogP contribution in [0.25, 0.3) is 0 Å². The summed E-state index contributed by atoms with van der Waals surface area (Å²) in [7, 11) is 0. The molecule has 0 spiro atoms. The van der Waals surface area contributed by atoms with Crippen LogP contribution in [0, 0.1) is 11.7 Å². The van der Waals surface area contributed by atoms with Crippen LogP contribution in [0.1, 0.15) is 32.3 Å². The Morgan fingerprint density at radius 3 is 2.76 bits per heavy atom. The Labute approximate surface area is 149 Å². The van der Waals surface area contributed by atoms with Gasteiger partial charge < -0.3 is 10.6 Å². The van der Waals surface area contributed by atoms with Gasteiger partial charge in [0.05, 0.1) is 12.5 Å². The average molecular weight is 349 g/mol. The normalized spacial score (nSPS) is 18.2. The lowest BCUT2D eigenvalue weighted by Gasteiger charge is -2.35. The van der Waals surface area contributed by atoms with E-state index in [1.54, 1.807) is 12.1 Å². The topological polar surface area (TPSA) is 61.4 Å². The van der Waals surface area contributed by atoms with Crippen molar-refractivity contribution in [3.8, 4) is 0 Å². The number of hydrogen-bond donors (Lipinski definition) is 2. The molecule has 1 saturated heterocycles. The highest BCUT2D eigenvalue weighted by Crippen LogP contribution is 2.12. The quantitative estimate of drug-likeness (QED) is 0.751. The summed E-state index contributed by atoms with van der Waals surface area (Å²) in [5.41, 5.74) is 0.968. The molecule has 1 aromatic carbocycles. The van der Waals surface area contributed by atoms with Gasteiger partial charge in [0.15, 0.2) is 0 Å². The number of nitrogens with zero attached hydrogens (tertiary/aromatic N) is 1. The largest absolute Gasteiger partial charge is 0.356 e. The molecule has 1 aliphatic rings. The number of nitrogens with one attached hydrogen (secondary N) is 2. The van der Waals surface area contributed by atoms with E-state index in [-0.39, 0.29) is 24.1 Å². The second kappa shape index (κ2) is 9.51. The lowest BCUT2D eigenvalue weighted by atomic mass is 10.1. The van der Waals surface area contributed by atoms with Gasteiger partial charge in [0.25, 0.3) is 0 Å². The first-order chi connectivity index (χ1) is 12.0. The van der Waals surface area contributed by atoms with Gasteiger partial charge in [-0.25, -0.2) is 4.39 Å². The molecule has 2 N–H and O–H groups in total. The number of rotatable bonds is 8. The molecule has 6 heteroatoms. The summed E-state index contributed by atoms with van der Waals surface area (Å²) < 4.78 is 12.9. The molecular formula is C19H28FN3O2. The summed E-state index contributed by atoms with van der Waals surface area (Å²) in [4.78, 5) is 26.5. The lowest BCUT2D eigenvalue weighted by molar-refractivity contribution is -0.134. The lowest BCUT2D eigenvalue weighted by Crippen LogP contribution is -2.56. The van der Waals surface area contributed by atoms with Crippen molar-refractivity contribution in [2.75, 3.05) is 26.2 Å². The van der Waals surface area contributed by atoms with Crippen molar-refractivity contribution in [3.05, 3.63) is 35.6 Å². The number of carbonyl (C=O) groups excluding carboxylic acids is 2. The molecule has 0 saturated carbocycles. The highest BCUT2D eigenvalue weighted by Gasteiger charge is 2.31. The smallest absolute Gasteiger partial charge is 0.237 e. The molecule has 2 amide bonds. The minimum Gasteiger partial charge on any atom is -0.356 e. The van der Waals surface area contributed by atoms with E-state index in [1.807, 2.05) is 0 Å². The zero-order chi connectivity index (χ0) is 18.2. The van der Waals surface area contributed by atoms with Crippen LogP contribution in [0.2, 0.25) is 0 Å². The van der Waals surface area contributed by atoms with E-state index in [9.17, 15) is 14.0 Å². The van der Waals surface area contributed by atoms with Crippen LogP contribution in [-0.2, 0) is 16.0 Å². The van der Waals surface area contributed by atoms with Gasteiger partial charge in [-0.1, -0.05) is 26.0 Å². The minimum absolute atomic E-state index is 0.0660. The molecule has 2 rings (SSSR count). The first kappa shape index (κ1) is 19.4. The van der Waals surface area contributed by atoms with Gasteiger partial charge in [0.1, 0.15) is 5.82 Å². The van der Waals surface area contributed by atoms with E-state index in [0.717, 1.165) is 25.1 Å². The van der Waals surface area contributed by atoms with Crippen LogP contribution in [0.5, 0.6) is 0 Å². The molecule has 5 nitrogen and oxygen atoms in total. The number of halogens is 1. The third kappa shape index (κ3) is 6.46. The van der Waals surface area contributed by atoms with E-state index in [2.05, 4.69) is 29.4 Å². The van der Waals surface area contributed by atoms with E-state index in [1.165, 1.54) is 12.1 Å². The Hall–Kier alpha value is -1.95. The summed E-state index contributed by atoms with van der Waals surface area (Å²) in [6, 6.07) is 5.86. The number of piperazine rings is 1. The van der Waals surface area contributed by atoms with Crippen molar-refractivity contribution in [1.29, 1.82) is 0 Å². The first-order valence-electron chi connectivity index (χ1n) is 8.98. The molecule has 0 aliphatic carbocycles. The molecule has 0 radical (unpaired) electrons. The molecular weight excluding hydrogens is 321 g/mol. The van der Waals surface area contributed by atoms with Crippen molar-refractivity contribution in [2.24, 2.45) is 5.92 Å². The Balaban J connectivity index is 1.79.